The van der Waals surface area contributed by atoms with E-state index in [4.69, 9.17) is 4.52 Å². The van der Waals surface area contributed by atoms with Crippen LogP contribution in [-0.2, 0) is 21.2 Å². The molecule has 8 nitrogen and oxygen atoms in total. The molecule has 9 heteroatoms. The summed E-state index contributed by atoms with van der Waals surface area (Å²) in [7, 11) is -2.02. The number of nitrogens with one attached hydrogen (secondary N) is 2. The molecule has 0 aliphatic heterocycles. The molecular weight excluding hydrogens is 320 g/mol. The van der Waals surface area contributed by atoms with E-state index in [0.717, 1.165) is 11.1 Å². The zero-order valence-corrected chi connectivity index (χ0v) is 13.7. The minimum absolute atomic E-state index is 0.0147. The van der Waals surface area contributed by atoms with Gasteiger partial charge in [-0.05, 0) is 19.5 Å². The van der Waals surface area contributed by atoms with Gasteiger partial charge in [-0.3, -0.25) is 4.79 Å². The maximum absolute atomic E-state index is 11.7. The molecule has 0 unspecified atom stereocenters. The minimum Gasteiger partial charge on any atom is -0.355 e. The third kappa shape index (κ3) is 4.86. The molecule has 0 saturated heterocycles. The second-order valence-electron chi connectivity index (χ2n) is 4.88. The Morgan fingerprint density at radius 3 is 2.74 bits per heavy atom. The van der Waals surface area contributed by atoms with Crippen LogP contribution in [0.15, 0.2) is 28.8 Å². The van der Waals surface area contributed by atoms with Gasteiger partial charge in [-0.2, -0.15) is 4.98 Å². The Kier molecular flexibility index (Phi) is 5.45. The van der Waals surface area contributed by atoms with Crippen molar-refractivity contribution >= 4 is 15.9 Å². The maximum atomic E-state index is 11.7. The summed E-state index contributed by atoms with van der Waals surface area (Å²) in [5, 5.41) is 6.36. The fourth-order valence-electron chi connectivity index (χ4n) is 1.89. The molecule has 0 aliphatic carbocycles. The summed E-state index contributed by atoms with van der Waals surface area (Å²) in [6.45, 7) is 1.95. The van der Waals surface area contributed by atoms with Crippen molar-refractivity contribution in [2.45, 2.75) is 13.3 Å². The monoisotopic (exact) mass is 338 g/mol. The predicted molar refractivity (Wildman–Crippen MR) is 84.0 cm³/mol. The van der Waals surface area contributed by atoms with Gasteiger partial charge in [-0.1, -0.05) is 29.4 Å². The Balaban J connectivity index is 1.92. The summed E-state index contributed by atoms with van der Waals surface area (Å²) in [6, 6.07) is 7.58. The molecule has 0 aliphatic rings. The van der Waals surface area contributed by atoms with Gasteiger partial charge < -0.3 is 9.84 Å². The topological polar surface area (TPSA) is 114 Å². The van der Waals surface area contributed by atoms with Gasteiger partial charge in [0.1, 0.15) is 6.42 Å². The molecule has 1 aromatic heterocycles. The van der Waals surface area contributed by atoms with E-state index in [9.17, 15) is 13.2 Å². The number of aryl methyl sites for hydroxylation is 1. The van der Waals surface area contributed by atoms with Gasteiger partial charge in [-0.25, -0.2) is 13.1 Å². The average molecular weight is 338 g/mol. The van der Waals surface area contributed by atoms with Gasteiger partial charge in [0, 0.05) is 12.1 Å². The lowest BCUT2D eigenvalue weighted by molar-refractivity contribution is -0.120. The number of carbonyl (C=O) groups excluding carboxylic acids is 1. The van der Waals surface area contributed by atoms with Gasteiger partial charge in [0.05, 0.1) is 5.75 Å². The van der Waals surface area contributed by atoms with E-state index >= 15 is 0 Å². The summed E-state index contributed by atoms with van der Waals surface area (Å²) < 4.78 is 29.7. The maximum Gasteiger partial charge on any atom is 0.236 e. The highest BCUT2D eigenvalue weighted by molar-refractivity contribution is 7.89. The largest absolute Gasteiger partial charge is 0.355 e. The van der Waals surface area contributed by atoms with E-state index in [1.807, 2.05) is 31.2 Å². The van der Waals surface area contributed by atoms with Gasteiger partial charge in [0.2, 0.25) is 27.6 Å². The molecule has 0 radical (unpaired) electrons. The first-order valence-corrected chi connectivity index (χ1v) is 8.63. The zero-order chi connectivity index (χ0) is 16.9. The Labute approximate surface area is 134 Å². The number of amides is 1. The van der Waals surface area contributed by atoms with Crippen LogP contribution >= 0.6 is 0 Å². The van der Waals surface area contributed by atoms with Crippen molar-refractivity contribution in [2.24, 2.45) is 0 Å². The number of aromatic nitrogens is 2. The normalized spacial score (nSPS) is 11.4. The molecule has 1 aromatic carbocycles. The van der Waals surface area contributed by atoms with Crippen molar-refractivity contribution in [1.29, 1.82) is 0 Å². The second kappa shape index (κ2) is 7.34. The molecule has 2 N–H and O–H groups in total. The average Bonchev–Trinajstić information content (AvgIpc) is 2.95. The minimum atomic E-state index is -3.34. The molecule has 0 bridgehead atoms. The van der Waals surface area contributed by atoms with Gasteiger partial charge in [0.25, 0.3) is 0 Å². The quantitative estimate of drug-likeness (QED) is 0.748. The van der Waals surface area contributed by atoms with E-state index < -0.39 is 10.0 Å². The lowest BCUT2D eigenvalue weighted by atomic mass is 10.1. The van der Waals surface area contributed by atoms with E-state index in [1.54, 1.807) is 0 Å². The van der Waals surface area contributed by atoms with E-state index in [-0.39, 0.29) is 30.5 Å². The van der Waals surface area contributed by atoms with E-state index in [1.165, 1.54) is 7.05 Å². The molecule has 0 spiro atoms. The van der Waals surface area contributed by atoms with Crippen LogP contribution in [0.25, 0.3) is 11.4 Å². The SMILES string of the molecule is CNS(=O)(=O)CCNC(=O)Cc1nc(-c2ccccc2C)no1. The van der Waals surface area contributed by atoms with Crippen molar-refractivity contribution in [3.8, 4) is 11.4 Å². The van der Waals surface area contributed by atoms with Crippen molar-refractivity contribution < 1.29 is 17.7 Å². The number of carbonyl (C=O) groups is 1. The molecular formula is C14H18N4O4S. The number of benzene rings is 1. The summed E-state index contributed by atoms with van der Waals surface area (Å²) in [5.41, 5.74) is 1.84. The number of sulfonamides is 1. The van der Waals surface area contributed by atoms with Crippen molar-refractivity contribution in [3.05, 3.63) is 35.7 Å². The van der Waals surface area contributed by atoms with Gasteiger partial charge in [-0.15, -0.1) is 0 Å². The van der Waals surface area contributed by atoms with Crippen LogP contribution in [0.2, 0.25) is 0 Å². The first-order valence-electron chi connectivity index (χ1n) is 6.98. The van der Waals surface area contributed by atoms with E-state index in [0.29, 0.717) is 5.82 Å². The molecule has 0 atom stereocenters. The highest BCUT2D eigenvalue weighted by Gasteiger charge is 2.14. The zero-order valence-electron chi connectivity index (χ0n) is 12.9. The first kappa shape index (κ1) is 17.1. The standard InChI is InChI=1S/C14H18N4O4S/c1-10-5-3-4-6-11(10)14-17-13(22-18-14)9-12(19)16-7-8-23(20,21)15-2/h3-6,15H,7-9H2,1-2H3,(H,16,19). The Hall–Kier alpha value is -2.26. The number of hydrogen-bond acceptors (Lipinski definition) is 6. The highest BCUT2D eigenvalue weighted by atomic mass is 32.2. The second-order valence-corrected chi connectivity index (χ2v) is 6.92. The Bertz CT molecular complexity index is 786. The molecule has 1 heterocycles. The lowest BCUT2D eigenvalue weighted by Gasteiger charge is -2.03. The molecule has 1 amide bonds. The predicted octanol–water partition coefficient (Wildman–Crippen LogP) is 0.253. The molecule has 0 fully saturated rings. The van der Waals surface area contributed by atoms with Crippen LogP contribution < -0.4 is 10.0 Å². The van der Waals surface area contributed by atoms with Crippen molar-refractivity contribution in [3.63, 3.8) is 0 Å². The van der Waals surface area contributed by atoms with Gasteiger partial charge >= 0.3 is 0 Å². The van der Waals surface area contributed by atoms with Crippen LogP contribution in [0.1, 0.15) is 11.5 Å². The molecule has 23 heavy (non-hydrogen) atoms. The number of rotatable bonds is 7. The lowest BCUT2D eigenvalue weighted by Crippen LogP contribution is -2.33. The number of hydrogen-bond donors (Lipinski definition) is 2. The van der Waals surface area contributed by atoms with Crippen LogP contribution in [-0.4, -0.2) is 43.8 Å². The Morgan fingerprint density at radius 1 is 1.30 bits per heavy atom. The third-order valence-corrected chi connectivity index (χ3v) is 4.53. The van der Waals surface area contributed by atoms with Crippen molar-refractivity contribution in [1.82, 2.24) is 20.2 Å². The van der Waals surface area contributed by atoms with Crippen molar-refractivity contribution in [2.75, 3.05) is 19.3 Å². The molecule has 2 aromatic rings. The third-order valence-electron chi connectivity index (χ3n) is 3.17. The van der Waals surface area contributed by atoms with Gasteiger partial charge in [0.15, 0.2) is 0 Å². The highest BCUT2D eigenvalue weighted by Crippen LogP contribution is 2.19. The summed E-state index contributed by atoms with van der Waals surface area (Å²) in [5.74, 6) is 0.0326. The molecule has 124 valence electrons. The van der Waals surface area contributed by atoms with Crippen LogP contribution in [0, 0.1) is 6.92 Å². The smallest absolute Gasteiger partial charge is 0.236 e. The van der Waals surface area contributed by atoms with E-state index in [2.05, 4.69) is 20.2 Å². The summed E-state index contributed by atoms with van der Waals surface area (Å²) in [6.07, 6.45) is -0.0987. The molecule has 0 saturated carbocycles. The number of nitrogens with zero attached hydrogens (tertiary/aromatic N) is 2. The first-order chi connectivity index (χ1) is 10.9. The fourth-order valence-corrected chi connectivity index (χ4v) is 2.46. The fraction of sp³-hybridized carbons (Fsp3) is 0.357. The molecule has 2 rings (SSSR count). The summed E-state index contributed by atoms with van der Waals surface area (Å²) >= 11 is 0. The Morgan fingerprint density at radius 2 is 2.04 bits per heavy atom. The van der Waals surface area contributed by atoms with Crippen LogP contribution in [0.3, 0.4) is 0 Å². The van der Waals surface area contributed by atoms with Crippen LogP contribution in [0.5, 0.6) is 0 Å². The summed E-state index contributed by atoms with van der Waals surface area (Å²) in [4.78, 5) is 15.9. The van der Waals surface area contributed by atoms with Crippen LogP contribution in [0.4, 0.5) is 0 Å².